The Labute approximate surface area is 180 Å². The second kappa shape index (κ2) is 10.5. The number of Topliss-reactive ketones (excluding diaryl/α,β-unsaturated/α-hetero) is 1. The van der Waals surface area contributed by atoms with Crippen LogP contribution in [-0.2, 0) is 14.3 Å². The molecule has 3 aromatic carbocycles. The van der Waals surface area contributed by atoms with Crippen LogP contribution in [0.3, 0.4) is 0 Å². The minimum absolute atomic E-state index is 0.0115. The van der Waals surface area contributed by atoms with Gasteiger partial charge in [-0.2, -0.15) is 5.26 Å². The normalized spacial score (nSPS) is 10.0. The summed E-state index contributed by atoms with van der Waals surface area (Å²) in [4.78, 5) is 36.1. The predicted molar refractivity (Wildman–Crippen MR) is 116 cm³/mol. The highest BCUT2D eigenvalue weighted by Crippen LogP contribution is 2.20. The number of esters is 1. The largest absolute Gasteiger partial charge is 0.456 e. The van der Waals surface area contributed by atoms with Crippen molar-refractivity contribution >= 4 is 23.3 Å². The zero-order valence-electron chi connectivity index (χ0n) is 16.7. The van der Waals surface area contributed by atoms with Gasteiger partial charge in [0.2, 0.25) is 0 Å². The molecular weight excluding hydrogens is 392 g/mol. The number of nitriles is 1. The van der Waals surface area contributed by atoms with Crippen LogP contribution in [-0.4, -0.2) is 24.3 Å². The number of hydrogen-bond donors (Lipinski definition) is 1. The molecule has 0 aliphatic heterocycles. The molecule has 6 nitrogen and oxygen atoms in total. The SMILES string of the molecule is N#Cc1ccccc1NC(=O)COC(=O)CCC(=O)c1ccc(-c2ccccc2)cc1. The van der Waals surface area contributed by atoms with Gasteiger partial charge >= 0.3 is 5.97 Å². The van der Waals surface area contributed by atoms with Crippen LogP contribution >= 0.6 is 0 Å². The van der Waals surface area contributed by atoms with E-state index in [4.69, 9.17) is 10.00 Å². The Morgan fingerprint density at radius 2 is 1.45 bits per heavy atom. The molecule has 0 atom stereocenters. The van der Waals surface area contributed by atoms with E-state index in [0.29, 0.717) is 16.8 Å². The van der Waals surface area contributed by atoms with Gasteiger partial charge in [-0.1, -0.05) is 66.7 Å². The lowest BCUT2D eigenvalue weighted by Gasteiger charge is -2.08. The minimum atomic E-state index is -0.641. The van der Waals surface area contributed by atoms with Gasteiger partial charge in [0.25, 0.3) is 5.91 Å². The molecule has 0 bridgehead atoms. The highest BCUT2D eigenvalue weighted by atomic mass is 16.5. The summed E-state index contributed by atoms with van der Waals surface area (Å²) in [5.41, 5.74) is 3.23. The van der Waals surface area contributed by atoms with Crippen molar-refractivity contribution in [2.45, 2.75) is 12.8 Å². The number of hydrogen-bond acceptors (Lipinski definition) is 5. The van der Waals surface area contributed by atoms with Gasteiger partial charge in [-0.3, -0.25) is 14.4 Å². The van der Waals surface area contributed by atoms with Crippen molar-refractivity contribution in [3.8, 4) is 17.2 Å². The first kappa shape index (κ1) is 21.5. The van der Waals surface area contributed by atoms with Crippen molar-refractivity contribution in [3.63, 3.8) is 0 Å². The standard InChI is InChI=1S/C25H20N2O4/c26-16-21-8-4-5-9-22(21)27-24(29)17-31-25(30)15-14-23(28)20-12-10-19(11-13-20)18-6-2-1-3-7-18/h1-13H,14-15,17H2,(H,27,29). The fraction of sp³-hybridized carbons (Fsp3) is 0.120. The summed E-state index contributed by atoms with van der Waals surface area (Å²) < 4.78 is 4.93. The molecule has 0 heterocycles. The van der Waals surface area contributed by atoms with Crippen LogP contribution in [0.5, 0.6) is 0 Å². The molecular formula is C25H20N2O4. The molecule has 0 unspecified atom stereocenters. The summed E-state index contributed by atoms with van der Waals surface area (Å²) in [6.45, 7) is -0.488. The maximum Gasteiger partial charge on any atom is 0.306 e. The summed E-state index contributed by atoms with van der Waals surface area (Å²) in [6, 6.07) is 25.5. The van der Waals surface area contributed by atoms with Gasteiger partial charge in [0.05, 0.1) is 17.7 Å². The zero-order valence-corrected chi connectivity index (χ0v) is 16.7. The maximum atomic E-state index is 12.3. The van der Waals surface area contributed by atoms with Gasteiger partial charge in [-0.25, -0.2) is 0 Å². The zero-order chi connectivity index (χ0) is 22.1. The lowest BCUT2D eigenvalue weighted by Crippen LogP contribution is -2.21. The topological polar surface area (TPSA) is 96.3 Å². The summed E-state index contributed by atoms with van der Waals surface area (Å²) in [5, 5.41) is 11.5. The lowest BCUT2D eigenvalue weighted by molar-refractivity contribution is -0.147. The van der Waals surface area contributed by atoms with E-state index in [9.17, 15) is 14.4 Å². The van der Waals surface area contributed by atoms with Crippen LogP contribution in [0.1, 0.15) is 28.8 Å². The molecule has 0 spiro atoms. The average Bonchev–Trinajstić information content (AvgIpc) is 2.82. The number of amides is 1. The van der Waals surface area contributed by atoms with Gasteiger partial charge in [-0.05, 0) is 23.3 Å². The first-order valence-electron chi connectivity index (χ1n) is 9.70. The van der Waals surface area contributed by atoms with E-state index < -0.39 is 18.5 Å². The Bertz CT molecular complexity index is 1120. The molecule has 0 radical (unpaired) electrons. The Hall–Kier alpha value is -4.24. The molecule has 3 aromatic rings. The molecule has 0 saturated heterocycles. The molecule has 6 heteroatoms. The fourth-order valence-corrected chi connectivity index (χ4v) is 2.93. The highest BCUT2D eigenvalue weighted by Gasteiger charge is 2.13. The van der Waals surface area contributed by atoms with Crippen LogP contribution in [0.15, 0.2) is 78.9 Å². The molecule has 0 saturated carbocycles. The number of anilines is 1. The summed E-state index contributed by atoms with van der Waals surface area (Å²) in [7, 11) is 0. The molecule has 0 fully saturated rings. The number of nitrogens with zero attached hydrogens (tertiary/aromatic N) is 1. The van der Waals surface area contributed by atoms with Crippen LogP contribution in [0.4, 0.5) is 5.69 Å². The molecule has 154 valence electrons. The smallest absolute Gasteiger partial charge is 0.306 e. The van der Waals surface area contributed by atoms with E-state index in [-0.39, 0.29) is 18.6 Å². The number of carbonyl (C=O) groups is 3. The van der Waals surface area contributed by atoms with Crippen LogP contribution in [0, 0.1) is 11.3 Å². The quantitative estimate of drug-likeness (QED) is 0.438. The second-order valence-electron chi connectivity index (χ2n) is 6.73. The first-order chi connectivity index (χ1) is 15.1. The number of rotatable bonds is 8. The van der Waals surface area contributed by atoms with E-state index >= 15 is 0 Å². The van der Waals surface area contributed by atoms with Crippen LogP contribution in [0.2, 0.25) is 0 Å². The Morgan fingerprint density at radius 1 is 0.806 bits per heavy atom. The average molecular weight is 412 g/mol. The number of ether oxygens (including phenoxy) is 1. The van der Waals surface area contributed by atoms with Gasteiger partial charge in [0, 0.05) is 12.0 Å². The summed E-state index contributed by atoms with van der Waals surface area (Å²) in [6.07, 6.45) is -0.135. The third kappa shape index (κ3) is 6.12. The maximum absolute atomic E-state index is 12.3. The third-order valence-corrected chi connectivity index (χ3v) is 4.56. The highest BCUT2D eigenvalue weighted by molar-refractivity contribution is 5.98. The third-order valence-electron chi connectivity index (χ3n) is 4.56. The Kier molecular flexibility index (Phi) is 7.28. The van der Waals surface area contributed by atoms with Crippen LogP contribution in [0.25, 0.3) is 11.1 Å². The van der Waals surface area contributed by atoms with E-state index in [2.05, 4.69) is 5.32 Å². The summed E-state index contributed by atoms with van der Waals surface area (Å²) in [5.74, 6) is -1.37. The van der Waals surface area contributed by atoms with Gasteiger partial charge in [0.15, 0.2) is 12.4 Å². The van der Waals surface area contributed by atoms with Gasteiger partial charge in [0.1, 0.15) is 6.07 Å². The molecule has 0 aliphatic carbocycles. The number of carbonyl (C=O) groups excluding carboxylic acids is 3. The molecule has 31 heavy (non-hydrogen) atoms. The number of benzene rings is 3. The molecule has 0 aromatic heterocycles. The van der Waals surface area contributed by atoms with Crippen molar-refractivity contribution in [3.05, 3.63) is 90.0 Å². The molecule has 1 amide bonds. The Morgan fingerprint density at radius 3 is 2.16 bits per heavy atom. The van der Waals surface area contributed by atoms with E-state index in [0.717, 1.165) is 11.1 Å². The van der Waals surface area contributed by atoms with E-state index in [1.165, 1.54) is 0 Å². The number of ketones is 1. The Balaban J connectivity index is 1.44. The van der Waals surface area contributed by atoms with Crippen molar-refractivity contribution in [2.75, 3.05) is 11.9 Å². The molecule has 0 aliphatic rings. The van der Waals surface area contributed by atoms with E-state index in [1.54, 1.807) is 36.4 Å². The number of para-hydroxylation sites is 1. The van der Waals surface area contributed by atoms with Crippen LogP contribution < -0.4 is 5.32 Å². The van der Waals surface area contributed by atoms with E-state index in [1.807, 2.05) is 48.5 Å². The second-order valence-corrected chi connectivity index (χ2v) is 6.73. The van der Waals surface area contributed by atoms with Gasteiger partial charge in [-0.15, -0.1) is 0 Å². The molecule has 1 N–H and O–H groups in total. The number of nitrogens with one attached hydrogen (secondary N) is 1. The minimum Gasteiger partial charge on any atom is -0.456 e. The van der Waals surface area contributed by atoms with Crippen molar-refractivity contribution in [1.29, 1.82) is 5.26 Å². The van der Waals surface area contributed by atoms with Crippen molar-refractivity contribution in [2.24, 2.45) is 0 Å². The summed E-state index contributed by atoms with van der Waals surface area (Å²) >= 11 is 0. The fourth-order valence-electron chi connectivity index (χ4n) is 2.93. The first-order valence-corrected chi connectivity index (χ1v) is 9.70. The van der Waals surface area contributed by atoms with Crippen molar-refractivity contribution < 1.29 is 19.1 Å². The monoisotopic (exact) mass is 412 g/mol. The lowest BCUT2D eigenvalue weighted by atomic mass is 10.0. The van der Waals surface area contributed by atoms with Crippen molar-refractivity contribution in [1.82, 2.24) is 0 Å². The predicted octanol–water partition coefficient (Wildman–Crippen LogP) is 4.37. The van der Waals surface area contributed by atoms with Gasteiger partial charge < -0.3 is 10.1 Å². The molecule has 3 rings (SSSR count).